The van der Waals surface area contributed by atoms with E-state index in [1.54, 1.807) is 4.90 Å². The molecule has 0 aliphatic carbocycles. The van der Waals surface area contributed by atoms with E-state index in [1.807, 2.05) is 14.0 Å². The third-order valence-electron chi connectivity index (χ3n) is 4.02. The van der Waals surface area contributed by atoms with E-state index in [1.165, 1.54) is 12.8 Å². The maximum Gasteiger partial charge on any atom is 0.409 e. The molecule has 0 saturated carbocycles. The number of hydrogen-bond donors (Lipinski definition) is 1. The summed E-state index contributed by atoms with van der Waals surface area (Å²) >= 11 is 0. The summed E-state index contributed by atoms with van der Waals surface area (Å²) in [4.78, 5) is 20.0. The van der Waals surface area contributed by atoms with Gasteiger partial charge in [0, 0.05) is 39.8 Å². The largest absolute Gasteiger partial charge is 0.450 e. The summed E-state index contributed by atoms with van der Waals surface area (Å²) in [6, 6.07) is 0. The molecule has 1 fully saturated rings. The fraction of sp³-hybridized carbons (Fsp3) is 0.867. The Labute approximate surface area is 128 Å². The zero-order chi connectivity index (χ0) is 15.7. The minimum atomic E-state index is -0.211. The van der Waals surface area contributed by atoms with Crippen molar-refractivity contribution >= 4 is 12.1 Å². The summed E-state index contributed by atoms with van der Waals surface area (Å²) in [6.07, 6.45) is 2.14. The van der Waals surface area contributed by atoms with Crippen LogP contribution in [0.1, 0.15) is 33.6 Å². The van der Waals surface area contributed by atoms with Crippen molar-refractivity contribution in [1.82, 2.24) is 15.1 Å². The van der Waals surface area contributed by atoms with Gasteiger partial charge in [0.15, 0.2) is 5.96 Å². The predicted molar refractivity (Wildman–Crippen MR) is 85.6 cm³/mol. The fourth-order valence-corrected chi connectivity index (χ4v) is 2.46. The molecule has 0 unspecified atom stereocenters. The Morgan fingerprint density at radius 2 is 1.71 bits per heavy atom. The number of amides is 1. The second-order valence-electron chi connectivity index (χ2n) is 5.28. The monoisotopic (exact) mass is 298 g/mol. The average molecular weight is 298 g/mol. The van der Waals surface area contributed by atoms with Crippen molar-refractivity contribution in [2.45, 2.75) is 33.6 Å². The van der Waals surface area contributed by atoms with Crippen molar-refractivity contribution in [3.63, 3.8) is 0 Å². The Bertz CT molecular complexity index is 335. The molecule has 0 aromatic rings. The first-order valence-electron chi connectivity index (χ1n) is 8.03. The molecule has 1 aliphatic rings. The molecule has 0 radical (unpaired) electrons. The Kier molecular flexibility index (Phi) is 7.93. The zero-order valence-corrected chi connectivity index (χ0v) is 13.9. The van der Waals surface area contributed by atoms with Crippen LogP contribution in [0.4, 0.5) is 4.79 Å². The second-order valence-corrected chi connectivity index (χ2v) is 5.28. The Morgan fingerprint density at radius 1 is 1.14 bits per heavy atom. The molecule has 0 aromatic carbocycles. The molecule has 122 valence electrons. The summed E-state index contributed by atoms with van der Waals surface area (Å²) < 4.78 is 5.03. The van der Waals surface area contributed by atoms with Crippen molar-refractivity contribution < 1.29 is 9.53 Å². The van der Waals surface area contributed by atoms with Gasteiger partial charge in [0.2, 0.25) is 0 Å². The van der Waals surface area contributed by atoms with E-state index in [2.05, 4.69) is 29.1 Å². The van der Waals surface area contributed by atoms with Gasteiger partial charge in [-0.3, -0.25) is 4.99 Å². The average Bonchev–Trinajstić information content (AvgIpc) is 2.52. The van der Waals surface area contributed by atoms with Gasteiger partial charge in [-0.05, 0) is 12.8 Å². The van der Waals surface area contributed by atoms with Crippen molar-refractivity contribution in [3.05, 3.63) is 0 Å². The summed E-state index contributed by atoms with van der Waals surface area (Å²) in [5.74, 6) is 1.62. The van der Waals surface area contributed by atoms with Crippen LogP contribution in [0.3, 0.4) is 0 Å². The molecule has 1 aliphatic heterocycles. The Balaban J connectivity index is 2.42. The Hall–Kier alpha value is -1.46. The van der Waals surface area contributed by atoms with Crippen molar-refractivity contribution in [2.75, 3.05) is 46.4 Å². The molecule has 21 heavy (non-hydrogen) atoms. The maximum absolute atomic E-state index is 11.7. The predicted octanol–water partition coefficient (Wildman–Crippen LogP) is 1.77. The van der Waals surface area contributed by atoms with Gasteiger partial charge in [0.1, 0.15) is 0 Å². The van der Waals surface area contributed by atoms with Gasteiger partial charge in [0.05, 0.1) is 6.61 Å². The highest BCUT2D eigenvalue weighted by molar-refractivity contribution is 5.80. The molecule has 1 rings (SSSR count). The lowest BCUT2D eigenvalue weighted by Crippen LogP contribution is -2.54. The first-order chi connectivity index (χ1) is 10.2. The van der Waals surface area contributed by atoms with Crippen LogP contribution in [0.5, 0.6) is 0 Å². The van der Waals surface area contributed by atoms with Crippen LogP contribution in [0, 0.1) is 5.92 Å². The van der Waals surface area contributed by atoms with Crippen LogP contribution in [-0.4, -0.2) is 68.2 Å². The number of ether oxygens (including phenoxy) is 1. The summed E-state index contributed by atoms with van der Waals surface area (Å²) in [7, 11) is 1.81. The third-order valence-corrected chi connectivity index (χ3v) is 4.02. The van der Waals surface area contributed by atoms with E-state index >= 15 is 0 Å². The van der Waals surface area contributed by atoms with Gasteiger partial charge in [-0.1, -0.05) is 26.7 Å². The number of rotatable bonds is 5. The molecule has 1 amide bonds. The maximum atomic E-state index is 11.7. The SMILES string of the molecule is CCOC(=O)N1CCN(C(=NC)NCC(CC)CC)CC1. The molecule has 1 N–H and O–H groups in total. The molecule has 0 aromatic heterocycles. The second kappa shape index (κ2) is 9.47. The van der Waals surface area contributed by atoms with Crippen molar-refractivity contribution in [1.29, 1.82) is 0 Å². The Morgan fingerprint density at radius 3 is 2.19 bits per heavy atom. The van der Waals surface area contributed by atoms with Gasteiger partial charge >= 0.3 is 6.09 Å². The van der Waals surface area contributed by atoms with Crippen LogP contribution < -0.4 is 5.32 Å². The lowest BCUT2D eigenvalue weighted by atomic mass is 10.0. The van der Waals surface area contributed by atoms with Gasteiger partial charge < -0.3 is 19.9 Å². The molecule has 1 saturated heterocycles. The van der Waals surface area contributed by atoms with E-state index in [9.17, 15) is 4.79 Å². The number of carbonyl (C=O) groups is 1. The highest BCUT2D eigenvalue weighted by atomic mass is 16.6. The molecular formula is C15H30N4O2. The summed E-state index contributed by atoms with van der Waals surface area (Å²) in [6.45, 7) is 10.6. The van der Waals surface area contributed by atoms with Crippen LogP contribution in [0.15, 0.2) is 4.99 Å². The first-order valence-corrected chi connectivity index (χ1v) is 8.03. The van der Waals surface area contributed by atoms with Crippen LogP contribution in [-0.2, 0) is 4.74 Å². The lowest BCUT2D eigenvalue weighted by Gasteiger charge is -2.36. The molecular weight excluding hydrogens is 268 g/mol. The minimum Gasteiger partial charge on any atom is -0.450 e. The molecule has 1 heterocycles. The zero-order valence-electron chi connectivity index (χ0n) is 13.9. The van der Waals surface area contributed by atoms with E-state index in [4.69, 9.17) is 4.74 Å². The van der Waals surface area contributed by atoms with Crippen LogP contribution in [0.2, 0.25) is 0 Å². The summed E-state index contributed by atoms with van der Waals surface area (Å²) in [5, 5.41) is 3.45. The quantitative estimate of drug-likeness (QED) is 0.621. The van der Waals surface area contributed by atoms with Crippen molar-refractivity contribution in [2.24, 2.45) is 10.9 Å². The lowest BCUT2D eigenvalue weighted by molar-refractivity contribution is 0.0914. The standard InChI is InChI=1S/C15H30N4O2/c1-5-13(6-2)12-17-14(16-4)18-8-10-19(11-9-18)15(20)21-7-3/h13H,5-12H2,1-4H3,(H,16,17). The number of nitrogens with zero attached hydrogens (tertiary/aromatic N) is 3. The minimum absolute atomic E-state index is 0.211. The number of carbonyl (C=O) groups excluding carboxylic acids is 1. The smallest absolute Gasteiger partial charge is 0.409 e. The van der Waals surface area contributed by atoms with Gasteiger partial charge in [-0.25, -0.2) is 4.79 Å². The summed E-state index contributed by atoms with van der Waals surface area (Å²) in [5.41, 5.74) is 0. The number of aliphatic imine (C=N–C) groups is 1. The van der Waals surface area contributed by atoms with E-state index in [-0.39, 0.29) is 6.09 Å². The number of piperazine rings is 1. The van der Waals surface area contributed by atoms with Crippen LogP contribution >= 0.6 is 0 Å². The first kappa shape index (κ1) is 17.6. The number of hydrogen-bond acceptors (Lipinski definition) is 3. The van der Waals surface area contributed by atoms with E-state index < -0.39 is 0 Å². The third kappa shape index (κ3) is 5.44. The van der Waals surface area contributed by atoms with E-state index in [0.717, 1.165) is 25.6 Å². The van der Waals surface area contributed by atoms with Gasteiger partial charge in [-0.2, -0.15) is 0 Å². The van der Waals surface area contributed by atoms with Crippen molar-refractivity contribution in [3.8, 4) is 0 Å². The van der Waals surface area contributed by atoms with Crippen LogP contribution in [0.25, 0.3) is 0 Å². The number of guanidine groups is 1. The van der Waals surface area contributed by atoms with E-state index in [0.29, 0.717) is 25.6 Å². The highest BCUT2D eigenvalue weighted by Gasteiger charge is 2.23. The molecule has 0 spiro atoms. The molecule has 0 atom stereocenters. The fourth-order valence-electron chi connectivity index (χ4n) is 2.46. The van der Waals surface area contributed by atoms with Gasteiger partial charge in [-0.15, -0.1) is 0 Å². The molecule has 6 nitrogen and oxygen atoms in total. The molecule has 0 bridgehead atoms. The molecule has 6 heteroatoms. The number of nitrogens with one attached hydrogen (secondary N) is 1. The highest BCUT2D eigenvalue weighted by Crippen LogP contribution is 2.07. The topological polar surface area (TPSA) is 57.2 Å². The van der Waals surface area contributed by atoms with Gasteiger partial charge in [0.25, 0.3) is 0 Å². The normalized spacial score (nSPS) is 16.3.